The Balaban J connectivity index is 2.40. The molecule has 3 rings (SSSR count). The number of rotatable bonds is 5. The molecule has 0 bridgehead atoms. The lowest BCUT2D eigenvalue weighted by atomic mass is 10.3. The number of aromatic nitrogens is 5. The molecule has 0 aliphatic rings. The maximum absolute atomic E-state index is 12.8. The van der Waals surface area contributed by atoms with Gasteiger partial charge < -0.3 is 4.57 Å². The maximum atomic E-state index is 12.8. The van der Waals surface area contributed by atoms with Crippen LogP contribution in [0.1, 0.15) is 38.8 Å². The first-order valence-electron chi connectivity index (χ1n) is 8.19. The third-order valence-electron chi connectivity index (χ3n) is 4.32. The molecule has 0 aliphatic carbocycles. The van der Waals surface area contributed by atoms with Crippen LogP contribution in [0.3, 0.4) is 0 Å². The Labute approximate surface area is 133 Å². The molecule has 124 valence electrons. The fourth-order valence-corrected chi connectivity index (χ4v) is 3.07. The molecule has 7 nitrogen and oxygen atoms in total. The van der Waals surface area contributed by atoms with Gasteiger partial charge in [-0.15, -0.1) is 0 Å². The lowest BCUT2D eigenvalue weighted by molar-refractivity contribution is 0.592. The Morgan fingerprint density at radius 3 is 2.48 bits per heavy atom. The van der Waals surface area contributed by atoms with Crippen molar-refractivity contribution in [3.05, 3.63) is 32.7 Å². The molecule has 3 aromatic rings. The summed E-state index contributed by atoms with van der Waals surface area (Å²) in [4.78, 5) is 29.8. The monoisotopic (exact) mass is 317 g/mol. The van der Waals surface area contributed by atoms with Gasteiger partial charge in [0, 0.05) is 32.0 Å². The summed E-state index contributed by atoms with van der Waals surface area (Å²) in [5.41, 5.74) is 1.44. The molecule has 0 saturated heterocycles. The van der Waals surface area contributed by atoms with E-state index in [0.29, 0.717) is 17.7 Å². The summed E-state index contributed by atoms with van der Waals surface area (Å²) in [5, 5.41) is 0. The third-order valence-corrected chi connectivity index (χ3v) is 4.32. The number of unbranched alkanes of at least 4 members (excludes halogenated alkanes) is 1. The summed E-state index contributed by atoms with van der Waals surface area (Å²) >= 11 is 0. The first-order valence-corrected chi connectivity index (χ1v) is 8.19. The van der Waals surface area contributed by atoms with Crippen LogP contribution in [0, 0.1) is 6.92 Å². The van der Waals surface area contributed by atoms with Gasteiger partial charge in [0.25, 0.3) is 5.56 Å². The molecular formula is C16H23N5O2. The zero-order chi connectivity index (χ0) is 16.7. The van der Waals surface area contributed by atoms with Crippen LogP contribution in [0.2, 0.25) is 0 Å². The van der Waals surface area contributed by atoms with E-state index in [-0.39, 0.29) is 11.2 Å². The molecule has 3 heterocycles. The highest BCUT2D eigenvalue weighted by molar-refractivity contribution is 5.75. The molecule has 3 aromatic heterocycles. The predicted octanol–water partition coefficient (Wildman–Crippen LogP) is 1.67. The fourth-order valence-electron chi connectivity index (χ4n) is 3.07. The van der Waals surface area contributed by atoms with Gasteiger partial charge in [0.05, 0.1) is 0 Å². The van der Waals surface area contributed by atoms with Gasteiger partial charge in [-0.1, -0.05) is 20.3 Å². The van der Waals surface area contributed by atoms with Crippen LogP contribution < -0.4 is 11.2 Å². The molecular weight excluding hydrogens is 294 g/mol. The van der Waals surface area contributed by atoms with Crippen LogP contribution in [0.5, 0.6) is 0 Å². The van der Waals surface area contributed by atoms with Crippen LogP contribution in [0.15, 0.2) is 15.8 Å². The Bertz CT molecular complexity index is 986. The number of fused-ring (bicyclic) bond motifs is 3. The van der Waals surface area contributed by atoms with E-state index >= 15 is 0 Å². The van der Waals surface area contributed by atoms with Crippen molar-refractivity contribution in [2.45, 2.75) is 53.1 Å². The number of hydrogen-bond acceptors (Lipinski definition) is 3. The van der Waals surface area contributed by atoms with Crippen LogP contribution in [0.4, 0.5) is 0 Å². The average Bonchev–Trinajstić information content (AvgIpc) is 3.03. The van der Waals surface area contributed by atoms with E-state index in [1.54, 1.807) is 7.05 Å². The number of nitrogens with zero attached hydrogens (tertiary/aromatic N) is 5. The molecule has 0 fully saturated rings. The smallest absolute Gasteiger partial charge is 0.314 e. The van der Waals surface area contributed by atoms with E-state index in [2.05, 4.69) is 16.5 Å². The van der Waals surface area contributed by atoms with Crippen molar-refractivity contribution in [1.29, 1.82) is 0 Å². The summed E-state index contributed by atoms with van der Waals surface area (Å²) in [7, 11) is 1.67. The summed E-state index contributed by atoms with van der Waals surface area (Å²) in [6.45, 7) is 7.39. The van der Waals surface area contributed by atoms with Gasteiger partial charge in [0.1, 0.15) is 0 Å². The van der Waals surface area contributed by atoms with E-state index in [4.69, 9.17) is 0 Å². The van der Waals surface area contributed by atoms with E-state index in [9.17, 15) is 9.59 Å². The zero-order valence-corrected chi connectivity index (χ0v) is 14.2. The topological polar surface area (TPSA) is 66.2 Å². The minimum absolute atomic E-state index is 0.259. The summed E-state index contributed by atoms with van der Waals surface area (Å²) < 4.78 is 6.71. The molecule has 23 heavy (non-hydrogen) atoms. The highest BCUT2D eigenvalue weighted by Gasteiger charge is 2.19. The van der Waals surface area contributed by atoms with E-state index in [1.807, 2.05) is 24.4 Å². The minimum atomic E-state index is -0.304. The number of aryl methyl sites for hydroxylation is 3. The normalized spacial score (nSPS) is 11.8. The molecule has 0 spiro atoms. The van der Waals surface area contributed by atoms with Gasteiger partial charge in [-0.3, -0.25) is 18.3 Å². The van der Waals surface area contributed by atoms with Crippen molar-refractivity contribution in [2.24, 2.45) is 7.05 Å². The minimum Gasteiger partial charge on any atom is -0.314 e. The van der Waals surface area contributed by atoms with Gasteiger partial charge >= 0.3 is 5.69 Å². The van der Waals surface area contributed by atoms with Crippen molar-refractivity contribution in [3.63, 3.8) is 0 Å². The standard InChI is InChI=1S/C16H23N5O2/c1-5-7-9-19-11(3)10-21-12-13(17-15(19)21)18(4)16(23)20(8-6-2)14(12)22/h10H,5-9H2,1-4H3. The van der Waals surface area contributed by atoms with Crippen LogP contribution in [-0.2, 0) is 20.1 Å². The van der Waals surface area contributed by atoms with Gasteiger partial charge in [-0.05, 0) is 19.8 Å². The molecule has 7 heteroatoms. The second-order valence-electron chi connectivity index (χ2n) is 6.03. The summed E-state index contributed by atoms with van der Waals surface area (Å²) in [5.74, 6) is 0.729. The van der Waals surface area contributed by atoms with Gasteiger partial charge in [-0.2, -0.15) is 4.98 Å². The summed E-state index contributed by atoms with van der Waals surface area (Å²) in [6.07, 6.45) is 4.81. The Hall–Kier alpha value is -2.31. The average molecular weight is 317 g/mol. The predicted molar refractivity (Wildman–Crippen MR) is 90.1 cm³/mol. The van der Waals surface area contributed by atoms with Crippen molar-refractivity contribution in [1.82, 2.24) is 23.1 Å². The first-order chi connectivity index (χ1) is 11.0. The second-order valence-corrected chi connectivity index (χ2v) is 6.03. The Morgan fingerprint density at radius 2 is 1.83 bits per heavy atom. The molecule has 0 radical (unpaired) electrons. The molecule has 0 amide bonds. The highest BCUT2D eigenvalue weighted by Crippen LogP contribution is 2.16. The third kappa shape index (κ3) is 2.22. The lowest BCUT2D eigenvalue weighted by Gasteiger charge is -2.06. The number of imidazole rings is 2. The molecule has 0 aliphatic heterocycles. The largest absolute Gasteiger partial charge is 0.332 e. The molecule has 0 saturated carbocycles. The summed E-state index contributed by atoms with van der Waals surface area (Å²) in [6, 6.07) is 0. The van der Waals surface area contributed by atoms with E-state index in [0.717, 1.165) is 37.3 Å². The first kappa shape index (κ1) is 15.6. The van der Waals surface area contributed by atoms with Crippen LogP contribution >= 0.6 is 0 Å². The second kappa shape index (κ2) is 5.72. The van der Waals surface area contributed by atoms with E-state index in [1.165, 1.54) is 9.13 Å². The Morgan fingerprint density at radius 1 is 1.09 bits per heavy atom. The molecule has 0 unspecified atom stereocenters. The molecule has 0 atom stereocenters. The van der Waals surface area contributed by atoms with Gasteiger partial charge in [-0.25, -0.2) is 4.79 Å². The van der Waals surface area contributed by atoms with Gasteiger partial charge in [0.15, 0.2) is 11.2 Å². The molecule has 0 aromatic carbocycles. The van der Waals surface area contributed by atoms with E-state index < -0.39 is 0 Å². The highest BCUT2D eigenvalue weighted by atomic mass is 16.2. The van der Waals surface area contributed by atoms with Crippen molar-refractivity contribution >= 4 is 16.9 Å². The SMILES string of the molecule is CCCCn1c(C)cn2c3c(=O)n(CCC)c(=O)n(C)c3nc12. The van der Waals surface area contributed by atoms with Crippen molar-refractivity contribution in [2.75, 3.05) is 0 Å². The van der Waals surface area contributed by atoms with Crippen LogP contribution in [0.25, 0.3) is 16.9 Å². The lowest BCUT2D eigenvalue weighted by Crippen LogP contribution is -2.39. The van der Waals surface area contributed by atoms with Crippen LogP contribution in [-0.4, -0.2) is 23.1 Å². The zero-order valence-electron chi connectivity index (χ0n) is 14.2. The van der Waals surface area contributed by atoms with Crippen molar-refractivity contribution in [3.8, 4) is 0 Å². The quantitative estimate of drug-likeness (QED) is 0.719. The maximum Gasteiger partial charge on any atom is 0.332 e. The van der Waals surface area contributed by atoms with Gasteiger partial charge in [0.2, 0.25) is 5.78 Å². The number of hydrogen-bond donors (Lipinski definition) is 0. The fraction of sp³-hybridized carbons (Fsp3) is 0.562. The Kier molecular flexibility index (Phi) is 3.87. The molecule has 0 N–H and O–H groups in total. The van der Waals surface area contributed by atoms with Crippen molar-refractivity contribution < 1.29 is 0 Å².